The summed E-state index contributed by atoms with van der Waals surface area (Å²) in [5.41, 5.74) is -0.102. The van der Waals surface area contributed by atoms with Crippen LogP contribution < -0.4 is 5.32 Å². The molecule has 0 saturated heterocycles. The number of hydrogen-bond donors (Lipinski definition) is 4. The number of carboxylic acids is 1. The third-order valence-electron chi connectivity index (χ3n) is 1.83. The van der Waals surface area contributed by atoms with Gasteiger partial charge in [-0.05, 0) is 6.07 Å². The van der Waals surface area contributed by atoms with E-state index in [-0.39, 0.29) is 11.3 Å². The van der Waals surface area contributed by atoms with Crippen molar-refractivity contribution in [3.63, 3.8) is 0 Å². The smallest absolute Gasteiger partial charge is 0.328 e. The maximum Gasteiger partial charge on any atom is 0.328 e. The van der Waals surface area contributed by atoms with Crippen molar-refractivity contribution in [2.45, 2.75) is 6.04 Å². The van der Waals surface area contributed by atoms with Crippen molar-refractivity contribution < 1.29 is 24.9 Å². The number of carbonyl (C=O) groups is 2. The van der Waals surface area contributed by atoms with Crippen molar-refractivity contribution >= 4 is 11.9 Å². The van der Waals surface area contributed by atoms with Crippen molar-refractivity contribution in [2.75, 3.05) is 6.61 Å². The van der Waals surface area contributed by atoms with Gasteiger partial charge >= 0.3 is 5.97 Å². The molecule has 0 aliphatic carbocycles. The van der Waals surface area contributed by atoms with Crippen molar-refractivity contribution in [1.29, 1.82) is 0 Å². The van der Waals surface area contributed by atoms with E-state index in [4.69, 9.17) is 10.2 Å². The number of aromatic hydroxyl groups is 1. The van der Waals surface area contributed by atoms with E-state index in [0.717, 1.165) is 6.20 Å². The predicted molar refractivity (Wildman–Crippen MR) is 51.9 cm³/mol. The van der Waals surface area contributed by atoms with Crippen LogP contribution in [-0.2, 0) is 4.79 Å². The largest absolute Gasteiger partial charge is 0.505 e. The van der Waals surface area contributed by atoms with E-state index in [1.54, 1.807) is 0 Å². The number of hydrogen-bond acceptors (Lipinski definition) is 5. The van der Waals surface area contributed by atoms with Gasteiger partial charge in [-0.3, -0.25) is 9.78 Å². The van der Waals surface area contributed by atoms with Gasteiger partial charge in [-0.25, -0.2) is 4.79 Å². The molecule has 7 nitrogen and oxygen atoms in total. The third-order valence-corrected chi connectivity index (χ3v) is 1.83. The number of rotatable bonds is 4. The highest BCUT2D eigenvalue weighted by atomic mass is 16.4. The number of carboxylic acid groups (broad SMARTS) is 1. The summed E-state index contributed by atoms with van der Waals surface area (Å²) in [7, 11) is 0. The van der Waals surface area contributed by atoms with Crippen LogP contribution in [0.5, 0.6) is 5.75 Å². The van der Waals surface area contributed by atoms with E-state index in [1.165, 1.54) is 12.3 Å². The molecule has 0 saturated carbocycles. The Hall–Kier alpha value is -2.15. The second-order valence-corrected chi connectivity index (χ2v) is 2.94. The van der Waals surface area contributed by atoms with Gasteiger partial charge in [0, 0.05) is 6.20 Å². The Morgan fingerprint density at radius 2 is 2.19 bits per heavy atom. The highest BCUT2D eigenvalue weighted by Crippen LogP contribution is 2.13. The lowest BCUT2D eigenvalue weighted by Gasteiger charge is -2.11. The minimum atomic E-state index is -1.40. The molecular weight excluding hydrogens is 216 g/mol. The van der Waals surface area contributed by atoms with Gasteiger partial charge < -0.3 is 20.6 Å². The summed E-state index contributed by atoms with van der Waals surface area (Å²) in [6.45, 7) is -0.729. The Morgan fingerprint density at radius 1 is 1.50 bits per heavy atom. The number of aliphatic hydroxyl groups excluding tert-OH is 1. The molecule has 0 aromatic carbocycles. The van der Waals surface area contributed by atoms with E-state index in [2.05, 4.69) is 4.98 Å². The van der Waals surface area contributed by atoms with Crippen LogP contribution in [0.3, 0.4) is 0 Å². The molecular formula is C9H10N2O5. The van der Waals surface area contributed by atoms with Crippen LogP contribution in [0, 0.1) is 0 Å². The highest BCUT2D eigenvalue weighted by molar-refractivity contribution is 5.98. The van der Waals surface area contributed by atoms with Crippen LogP contribution in [0.1, 0.15) is 10.4 Å². The molecule has 0 unspecified atom stereocenters. The Balaban J connectivity index is 2.80. The molecule has 1 amide bonds. The number of nitrogens with zero attached hydrogens (tertiary/aromatic N) is 1. The number of aromatic nitrogens is 1. The lowest BCUT2D eigenvalue weighted by atomic mass is 10.2. The summed E-state index contributed by atoms with van der Waals surface area (Å²) in [5, 5.41) is 28.6. The molecule has 1 rings (SSSR count). The van der Waals surface area contributed by atoms with Gasteiger partial charge in [-0.15, -0.1) is 0 Å². The van der Waals surface area contributed by atoms with Gasteiger partial charge in [0.1, 0.15) is 5.75 Å². The SMILES string of the molecule is O=C(N[C@@H](CO)C(=O)O)c1ccncc1O. The van der Waals surface area contributed by atoms with Crippen molar-refractivity contribution in [3.8, 4) is 5.75 Å². The van der Waals surface area contributed by atoms with Gasteiger partial charge in [0.15, 0.2) is 6.04 Å². The number of aliphatic hydroxyl groups is 1. The van der Waals surface area contributed by atoms with E-state index in [1.807, 2.05) is 5.32 Å². The summed E-state index contributed by atoms with van der Waals surface area (Å²) in [5.74, 6) is -2.51. The molecule has 0 spiro atoms. The summed E-state index contributed by atoms with van der Waals surface area (Å²) in [6, 6.07) is -0.166. The summed E-state index contributed by atoms with van der Waals surface area (Å²) < 4.78 is 0. The molecule has 86 valence electrons. The highest BCUT2D eigenvalue weighted by Gasteiger charge is 2.20. The fourth-order valence-electron chi connectivity index (χ4n) is 1.000. The van der Waals surface area contributed by atoms with Gasteiger partial charge in [-0.2, -0.15) is 0 Å². The van der Waals surface area contributed by atoms with Crippen LogP contribution in [0.2, 0.25) is 0 Å². The topological polar surface area (TPSA) is 120 Å². The van der Waals surface area contributed by atoms with Crippen LogP contribution in [0.25, 0.3) is 0 Å². The molecule has 16 heavy (non-hydrogen) atoms. The van der Waals surface area contributed by atoms with Crippen molar-refractivity contribution in [3.05, 3.63) is 24.0 Å². The monoisotopic (exact) mass is 226 g/mol. The molecule has 4 N–H and O–H groups in total. The molecule has 0 aliphatic rings. The Bertz CT molecular complexity index is 407. The zero-order valence-corrected chi connectivity index (χ0v) is 8.12. The number of nitrogens with one attached hydrogen (secondary N) is 1. The molecule has 0 fully saturated rings. The number of aliphatic carboxylic acids is 1. The zero-order chi connectivity index (χ0) is 12.1. The van der Waals surface area contributed by atoms with Gasteiger partial charge in [0.25, 0.3) is 5.91 Å². The van der Waals surface area contributed by atoms with Crippen LogP contribution >= 0.6 is 0 Å². The number of amides is 1. The molecule has 1 aromatic rings. The van der Waals surface area contributed by atoms with Crippen molar-refractivity contribution in [1.82, 2.24) is 10.3 Å². The quantitative estimate of drug-likeness (QED) is 0.520. The van der Waals surface area contributed by atoms with E-state index >= 15 is 0 Å². The molecule has 7 heteroatoms. The lowest BCUT2D eigenvalue weighted by Crippen LogP contribution is -2.43. The first kappa shape index (κ1) is 11.9. The first-order chi connectivity index (χ1) is 7.56. The van der Waals surface area contributed by atoms with Crippen LogP contribution in [-0.4, -0.2) is 44.8 Å². The average molecular weight is 226 g/mol. The Kier molecular flexibility index (Phi) is 3.78. The molecule has 0 bridgehead atoms. The van der Waals surface area contributed by atoms with Crippen molar-refractivity contribution in [2.24, 2.45) is 0 Å². The van der Waals surface area contributed by atoms with Gasteiger partial charge in [-0.1, -0.05) is 0 Å². The van der Waals surface area contributed by atoms with E-state index in [9.17, 15) is 14.7 Å². The molecule has 0 radical (unpaired) electrons. The maximum atomic E-state index is 11.5. The number of pyridine rings is 1. The standard InChI is InChI=1S/C9H10N2O5/c12-4-6(9(15)16)11-8(14)5-1-2-10-3-7(5)13/h1-3,6,12-13H,4H2,(H,11,14)(H,15,16)/t6-/m0/s1. The molecule has 1 atom stereocenters. The third kappa shape index (κ3) is 2.67. The second-order valence-electron chi connectivity index (χ2n) is 2.94. The Labute approximate surface area is 90.4 Å². The summed E-state index contributed by atoms with van der Waals surface area (Å²) in [4.78, 5) is 25.6. The molecule has 1 aromatic heterocycles. The first-order valence-corrected chi connectivity index (χ1v) is 4.33. The fraction of sp³-hybridized carbons (Fsp3) is 0.222. The van der Waals surface area contributed by atoms with E-state index < -0.39 is 24.5 Å². The van der Waals surface area contributed by atoms with E-state index in [0.29, 0.717) is 0 Å². The fourth-order valence-corrected chi connectivity index (χ4v) is 1.000. The van der Waals surface area contributed by atoms with Gasteiger partial charge in [0.05, 0.1) is 18.4 Å². The van der Waals surface area contributed by atoms with Crippen LogP contribution in [0.15, 0.2) is 18.5 Å². The summed E-state index contributed by atoms with van der Waals surface area (Å²) >= 11 is 0. The maximum absolute atomic E-state index is 11.5. The molecule has 0 aliphatic heterocycles. The minimum absolute atomic E-state index is 0.102. The minimum Gasteiger partial charge on any atom is -0.505 e. The zero-order valence-electron chi connectivity index (χ0n) is 8.12. The first-order valence-electron chi connectivity index (χ1n) is 4.33. The van der Waals surface area contributed by atoms with Crippen LogP contribution in [0.4, 0.5) is 0 Å². The predicted octanol–water partition coefficient (Wildman–Crippen LogP) is -1.04. The molecule has 1 heterocycles. The second kappa shape index (κ2) is 5.08. The lowest BCUT2D eigenvalue weighted by molar-refractivity contribution is -0.140. The van der Waals surface area contributed by atoms with Gasteiger partial charge in [0.2, 0.25) is 0 Å². The average Bonchev–Trinajstić information content (AvgIpc) is 2.25. The normalized spacial score (nSPS) is 11.8. The Morgan fingerprint density at radius 3 is 2.69 bits per heavy atom. The summed E-state index contributed by atoms with van der Waals surface area (Å²) in [6.07, 6.45) is 2.34. The number of carbonyl (C=O) groups excluding carboxylic acids is 1.